The monoisotopic (exact) mass is 196 g/mol. The number of esters is 1. The fourth-order valence-corrected chi connectivity index (χ4v) is 2.04. The highest BCUT2D eigenvalue weighted by Crippen LogP contribution is 2.21. The summed E-state index contributed by atoms with van der Waals surface area (Å²) in [6.07, 6.45) is 0.233. The Kier molecular flexibility index (Phi) is 2.14. The molecule has 2 heterocycles. The first-order valence-corrected chi connectivity index (χ1v) is 4.88. The molecule has 0 spiro atoms. The zero-order valence-electron chi connectivity index (χ0n) is 6.86. The van der Waals surface area contributed by atoms with Crippen LogP contribution in [0.4, 0.5) is 0 Å². The van der Waals surface area contributed by atoms with E-state index in [0.717, 1.165) is 0 Å². The lowest BCUT2D eigenvalue weighted by Crippen LogP contribution is -2.13. The molecule has 0 saturated carbocycles. The Morgan fingerprint density at radius 2 is 2.46 bits per heavy atom. The molecule has 0 amide bonds. The van der Waals surface area contributed by atoms with Crippen molar-refractivity contribution in [3.63, 3.8) is 0 Å². The van der Waals surface area contributed by atoms with E-state index in [-0.39, 0.29) is 30.7 Å². The third-order valence-electron chi connectivity index (χ3n) is 1.99. The van der Waals surface area contributed by atoms with Crippen molar-refractivity contribution < 1.29 is 14.3 Å². The van der Waals surface area contributed by atoms with Gasteiger partial charge in [-0.3, -0.25) is 9.59 Å². The fourth-order valence-electron chi connectivity index (χ4n) is 1.30. The van der Waals surface area contributed by atoms with Crippen molar-refractivity contribution in [3.05, 3.63) is 22.4 Å². The van der Waals surface area contributed by atoms with Gasteiger partial charge in [-0.25, -0.2) is 0 Å². The van der Waals surface area contributed by atoms with Crippen molar-refractivity contribution in [2.24, 2.45) is 5.92 Å². The fraction of sp³-hybridized carbons (Fsp3) is 0.333. The van der Waals surface area contributed by atoms with Crippen molar-refractivity contribution in [1.82, 2.24) is 0 Å². The molecule has 4 heteroatoms. The summed E-state index contributed by atoms with van der Waals surface area (Å²) in [7, 11) is 0. The molecular formula is C9H8O3S. The molecule has 3 nitrogen and oxygen atoms in total. The molecule has 0 aromatic carbocycles. The Bertz CT molecular complexity index is 329. The number of thiophene rings is 1. The van der Waals surface area contributed by atoms with E-state index in [2.05, 4.69) is 0 Å². The van der Waals surface area contributed by atoms with Crippen LogP contribution in [0.3, 0.4) is 0 Å². The van der Waals surface area contributed by atoms with Gasteiger partial charge in [0.2, 0.25) is 0 Å². The van der Waals surface area contributed by atoms with E-state index in [1.807, 2.05) is 11.4 Å². The van der Waals surface area contributed by atoms with Crippen LogP contribution in [0.15, 0.2) is 17.5 Å². The smallest absolute Gasteiger partial charge is 0.306 e. The van der Waals surface area contributed by atoms with E-state index in [4.69, 9.17) is 4.74 Å². The minimum atomic E-state index is -0.269. The molecule has 1 aliphatic rings. The molecule has 0 bridgehead atoms. The van der Waals surface area contributed by atoms with Gasteiger partial charge in [0.05, 0.1) is 17.2 Å². The molecule has 1 aromatic rings. The Morgan fingerprint density at radius 3 is 3.00 bits per heavy atom. The number of ketones is 1. The molecule has 0 N–H and O–H groups in total. The Balaban J connectivity index is 2.10. The minimum Gasteiger partial charge on any atom is -0.465 e. The maximum Gasteiger partial charge on any atom is 0.306 e. The van der Waals surface area contributed by atoms with Crippen LogP contribution in [0, 0.1) is 5.92 Å². The van der Waals surface area contributed by atoms with Crippen LogP contribution in [0.2, 0.25) is 0 Å². The van der Waals surface area contributed by atoms with Crippen molar-refractivity contribution in [2.45, 2.75) is 6.42 Å². The second-order valence-corrected chi connectivity index (χ2v) is 3.87. The largest absolute Gasteiger partial charge is 0.465 e. The molecular weight excluding hydrogens is 188 g/mol. The van der Waals surface area contributed by atoms with Crippen molar-refractivity contribution in [1.29, 1.82) is 0 Å². The third-order valence-corrected chi connectivity index (χ3v) is 2.88. The number of Topliss-reactive ketones (excluding diaryl/α,β-unsaturated/α-hetero) is 1. The highest BCUT2D eigenvalue weighted by atomic mass is 32.1. The predicted octanol–water partition coefficient (Wildman–Crippen LogP) is 1.49. The lowest BCUT2D eigenvalue weighted by Gasteiger charge is -2.00. The number of cyclic esters (lactones) is 1. The van der Waals surface area contributed by atoms with Crippen molar-refractivity contribution in [2.75, 3.05) is 6.61 Å². The number of hydrogen-bond acceptors (Lipinski definition) is 4. The number of hydrogen-bond donors (Lipinski definition) is 0. The molecule has 0 aliphatic carbocycles. The summed E-state index contributed by atoms with van der Waals surface area (Å²) in [6, 6.07) is 3.60. The van der Waals surface area contributed by atoms with Gasteiger partial charge < -0.3 is 4.74 Å². The van der Waals surface area contributed by atoms with E-state index in [1.54, 1.807) is 6.07 Å². The lowest BCUT2D eigenvalue weighted by atomic mass is 10.0. The first-order valence-electron chi connectivity index (χ1n) is 4.00. The number of rotatable bonds is 2. The van der Waals surface area contributed by atoms with Gasteiger partial charge in [0.1, 0.15) is 6.61 Å². The molecule has 1 atom stereocenters. The number of carbonyl (C=O) groups excluding carboxylic acids is 2. The normalized spacial score (nSPS) is 21.5. The van der Waals surface area contributed by atoms with E-state index in [9.17, 15) is 9.59 Å². The quantitative estimate of drug-likeness (QED) is 0.531. The summed E-state index contributed by atoms with van der Waals surface area (Å²) in [5, 5.41) is 1.85. The first kappa shape index (κ1) is 8.44. The minimum absolute atomic E-state index is 0.0286. The van der Waals surface area contributed by atoms with Gasteiger partial charge in [0.15, 0.2) is 5.78 Å². The molecule has 68 valence electrons. The van der Waals surface area contributed by atoms with Crippen LogP contribution in [0.1, 0.15) is 16.1 Å². The van der Waals surface area contributed by atoms with E-state index in [0.29, 0.717) is 4.88 Å². The Morgan fingerprint density at radius 1 is 1.62 bits per heavy atom. The molecule has 1 fully saturated rings. The standard InChI is InChI=1S/C9H8O3S/c10-8-4-6(5-12-8)9(11)7-2-1-3-13-7/h1-3,6H,4-5H2/t6-/m1/s1. The van der Waals surface area contributed by atoms with Gasteiger partial charge in [-0.15, -0.1) is 11.3 Å². The molecule has 0 unspecified atom stereocenters. The SMILES string of the molecule is O=C1C[C@@H](C(=O)c2cccs2)CO1. The second kappa shape index (κ2) is 3.30. The second-order valence-electron chi connectivity index (χ2n) is 2.93. The van der Waals surface area contributed by atoms with Crippen LogP contribution in [-0.4, -0.2) is 18.4 Å². The Hall–Kier alpha value is -1.16. The summed E-state index contributed by atoms with van der Waals surface area (Å²) >= 11 is 1.40. The maximum absolute atomic E-state index is 11.6. The molecule has 1 aliphatic heterocycles. The van der Waals surface area contributed by atoms with Gasteiger partial charge in [0, 0.05) is 0 Å². The zero-order valence-corrected chi connectivity index (χ0v) is 7.67. The van der Waals surface area contributed by atoms with Gasteiger partial charge in [-0.05, 0) is 11.4 Å². The Labute approximate surface area is 79.3 Å². The highest BCUT2D eigenvalue weighted by molar-refractivity contribution is 7.12. The highest BCUT2D eigenvalue weighted by Gasteiger charge is 2.30. The van der Waals surface area contributed by atoms with E-state index >= 15 is 0 Å². The first-order chi connectivity index (χ1) is 6.27. The van der Waals surface area contributed by atoms with Gasteiger partial charge >= 0.3 is 5.97 Å². The topological polar surface area (TPSA) is 43.4 Å². The van der Waals surface area contributed by atoms with Gasteiger partial charge in [-0.1, -0.05) is 6.07 Å². The summed E-state index contributed by atoms with van der Waals surface area (Å²) in [5.74, 6) is -0.498. The van der Waals surface area contributed by atoms with Gasteiger partial charge in [-0.2, -0.15) is 0 Å². The van der Waals surface area contributed by atoms with E-state index < -0.39 is 0 Å². The van der Waals surface area contributed by atoms with Crippen LogP contribution >= 0.6 is 11.3 Å². The lowest BCUT2D eigenvalue weighted by molar-refractivity contribution is -0.137. The van der Waals surface area contributed by atoms with Crippen molar-refractivity contribution >= 4 is 23.1 Å². The van der Waals surface area contributed by atoms with Crippen LogP contribution in [-0.2, 0) is 9.53 Å². The molecule has 1 aromatic heterocycles. The molecule has 1 saturated heterocycles. The average Bonchev–Trinajstić information content (AvgIpc) is 2.72. The molecule has 0 radical (unpaired) electrons. The molecule has 13 heavy (non-hydrogen) atoms. The van der Waals surface area contributed by atoms with Crippen molar-refractivity contribution in [3.8, 4) is 0 Å². The summed E-state index contributed by atoms with van der Waals surface area (Å²) in [6.45, 7) is 0.246. The predicted molar refractivity (Wildman–Crippen MR) is 47.7 cm³/mol. The zero-order chi connectivity index (χ0) is 9.26. The maximum atomic E-state index is 11.6. The molecule has 2 rings (SSSR count). The number of ether oxygens (including phenoxy) is 1. The van der Waals surface area contributed by atoms with Crippen LogP contribution < -0.4 is 0 Å². The van der Waals surface area contributed by atoms with Crippen LogP contribution in [0.5, 0.6) is 0 Å². The van der Waals surface area contributed by atoms with E-state index in [1.165, 1.54) is 11.3 Å². The summed E-state index contributed by atoms with van der Waals surface area (Å²) in [4.78, 5) is 23.1. The number of carbonyl (C=O) groups is 2. The summed E-state index contributed by atoms with van der Waals surface area (Å²) < 4.78 is 4.73. The summed E-state index contributed by atoms with van der Waals surface area (Å²) in [5.41, 5.74) is 0. The van der Waals surface area contributed by atoms with Gasteiger partial charge in [0.25, 0.3) is 0 Å². The third kappa shape index (κ3) is 1.62. The van der Waals surface area contributed by atoms with Crippen LogP contribution in [0.25, 0.3) is 0 Å². The average molecular weight is 196 g/mol.